The Labute approximate surface area is 166 Å². The van der Waals surface area contributed by atoms with E-state index in [4.69, 9.17) is 27.9 Å². The Kier molecular flexibility index (Phi) is 6.68. The predicted molar refractivity (Wildman–Crippen MR) is 102 cm³/mol. The third-order valence-corrected chi connectivity index (χ3v) is 4.76. The van der Waals surface area contributed by atoms with Crippen LogP contribution in [0.2, 0.25) is 10.0 Å². The third-order valence-electron chi connectivity index (χ3n) is 4.02. The van der Waals surface area contributed by atoms with Crippen molar-refractivity contribution in [1.82, 2.24) is 10.9 Å². The number of amides is 2. The van der Waals surface area contributed by atoms with E-state index in [9.17, 15) is 14.0 Å². The van der Waals surface area contributed by atoms with Gasteiger partial charge in [0, 0.05) is 0 Å². The number of carbonyl (C=O) groups is 2. The lowest BCUT2D eigenvalue weighted by atomic mass is 9.84. The molecule has 27 heavy (non-hydrogen) atoms. The van der Waals surface area contributed by atoms with E-state index in [-0.39, 0.29) is 5.75 Å². The number of benzene rings is 2. The van der Waals surface area contributed by atoms with Crippen molar-refractivity contribution >= 4 is 35.0 Å². The Hall–Kier alpha value is -2.31. The van der Waals surface area contributed by atoms with Gasteiger partial charge in [0.15, 0.2) is 17.7 Å². The number of hydrazine groups is 1. The Morgan fingerprint density at radius 2 is 1.74 bits per heavy atom. The SMILES string of the molecule is CC(Oc1ccccc1F)C(=O)NNC(=O)C(C)(C)c1ccc(Cl)c(Cl)c1. The Morgan fingerprint density at radius 1 is 1.07 bits per heavy atom. The van der Waals surface area contributed by atoms with Crippen LogP contribution in [0, 0.1) is 5.82 Å². The average molecular weight is 413 g/mol. The minimum absolute atomic E-state index is 0.0531. The molecule has 0 aliphatic carbocycles. The van der Waals surface area contributed by atoms with Gasteiger partial charge in [0.25, 0.3) is 5.91 Å². The smallest absolute Gasteiger partial charge is 0.279 e. The van der Waals surface area contributed by atoms with Gasteiger partial charge in [-0.2, -0.15) is 0 Å². The lowest BCUT2D eigenvalue weighted by molar-refractivity contribution is -0.134. The largest absolute Gasteiger partial charge is 0.478 e. The zero-order valence-corrected chi connectivity index (χ0v) is 16.5. The molecular formula is C19H19Cl2FN2O3. The van der Waals surface area contributed by atoms with Gasteiger partial charge in [0.05, 0.1) is 15.5 Å². The van der Waals surface area contributed by atoms with Crippen LogP contribution in [0.1, 0.15) is 26.3 Å². The number of carbonyl (C=O) groups excluding carboxylic acids is 2. The molecule has 0 radical (unpaired) electrons. The van der Waals surface area contributed by atoms with Crippen LogP contribution in [0.5, 0.6) is 5.75 Å². The van der Waals surface area contributed by atoms with E-state index in [2.05, 4.69) is 10.9 Å². The zero-order chi connectivity index (χ0) is 20.2. The number of hydrogen-bond donors (Lipinski definition) is 2. The van der Waals surface area contributed by atoms with Crippen LogP contribution in [0.3, 0.4) is 0 Å². The van der Waals surface area contributed by atoms with Gasteiger partial charge in [-0.05, 0) is 50.6 Å². The van der Waals surface area contributed by atoms with E-state index in [0.717, 1.165) is 0 Å². The molecule has 8 heteroatoms. The molecule has 0 aliphatic heterocycles. The van der Waals surface area contributed by atoms with Gasteiger partial charge in [0.1, 0.15) is 0 Å². The van der Waals surface area contributed by atoms with Gasteiger partial charge in [-0.15, -0.1) is 0 Å². The second-order valence-electron chi connectivity index (χ2n) is 6.39. The molecule has 0 aromatic heterocycles. The molecule has 144 valence electrons. The van der Waals surface area contributed by atoms with Gasteiger partial charge < -0.3 is 4.74 Å². The van der Waals surface area contributed by atoms with Gasteiger partial charge in [-0.1, -0.05) is 41.4 Å². The van der Waals surface area contributed by atoms with Gasteiger partial charge >= 0.3 is 0 Å². The molecule has 0 fully saturated rings. The number of rotatable bonds is 5. The summed E-state index contributed by atoms with van der Waals surface area (Å²) in [6.07, 6.45) is -1.02. The summed E-state index contributed by atoms with van der Waals surface area (Å²) in [5, 5.41) is 0.704. The Morgan fingerprint density at radius 3 is 2.37 bits per heavy atom. The molecule has 1 atom stereocenters. The Bertz CT molecular complexity index is 859. The highest BCUT2D eigenvalue weighted by molar-refractivity contribution is 6.42. The first-order chi connectivity index (χ1) is 12.6. The van der Waals surface area contributed by atoms with Crippen molar-refractivity contribution in [3.63, 3.8) is 0 Å². The quantitative estimate of drug-likeness (QED) is 0.728. The summed E-state index contributed by atoms with van der Waals surface area (Å²) in [7, 11) is 0. The van der Waals surface area contributed by atoms with Crippen molar-refractivity contribution in [2.75, 3.05) is 0 Å². The van der Waals surface area contributed by atoms with Crippen LogP contribution in [0.4, 0.5) is 4.39 Å². The first-order valence-corrected chi connectivity index (χ1v) is 8.85. The van der Waals surface area contributed by atoms with Gasteiger partial charge in [-0.3, -0.25) is 20.4 Å². The normalized spacial score (nSPS) is 12.2. The highest BCUT2D eigenvalue weighted by Crippen LogP contribution is 2.30. The van der Waals surface area contributed by atoms with E-state index in [1.165, 1.54) is 25.1 Å². The molecule has 0 spiro atoms. The van der Waals surface area contributed by atoms with Crippen molar-refractivity contribution in [3.05, 3.63) is 63.9 Å². The number of para-hydroxylation sites is 1. The number of halogens is 3. The fourth-order valence-corrected chi connectivity index (χ4v) is 2.47. The predicted octanol–water partition coefficient (Wildman–Crippen LogP) is 4.03. The maximum atomic E-state index is 13.6. The van der Waals surface area contributed by atoms with Crippen molar-refractivity contribution < 1.29 is 18.7 Å². The summed E-state index contributed by atoms with van der Waals surface area (Å²) in [4.78, 5) is 24.6. The molecule has 0 heterocycles. The minimum atomic E-state index is -1.02. The second-order valence-corrected chi connectivity index (χ2v) is 7.20. The lowest BCUT2D eigenvalue weighted by Crippen LogP contribution is -2.52. The van der Waals surface area contributed by atoms with Crippen LogP contribution in [0.15, 0.2) is 42.5 Å². The molecule has 0 aliphatic rings. The highest BCUT2D eigenvalue weighted by atomic mass is 35.5. The van der Waals surface area contributed by atoms with Crippen molar-refractivity contribution in [3.8, 4) is 5.75 Å². The lowest BCUT2D eigenvalue weighted by Gasteiger charge is -2.25. The van der Waals surface area contributed by atoms with E-state index in [1.54, 1.807) is 38.1 Å². The van der Waals surface area contributed by atoms with Crippen molar-refractivity contribution in [2.24, 2.45) is 0 Å². The van der Waals surface area contributed by atoms with Gasteiger partial charge in [-0.25, -0.2) is 4.39 Å². The number of nitrogens with one attached hydrogen (secondary N) is 2. The van der Waals surface area contributed by atoms with E-state index in [1.807, 2.05) is 0 Å². The number of hydrogen-bond acceptors (Lipinski definition) is 3. The van der Waals surface area contributed by atoms with E-state index in [0.29, 0.717) is 15.6 Å². The van der Waals surface area contributed by atoms with Crippen LogP contribution in [0.25, 0.3) is 0 Å². The molecular weight excluding hydrogens is 394 g/mol. The topological polar surface area (TPSA) is 67.4 Å². The minimum Gasteiger partial charge on any atom is -0.478 e. The Balaban J connectivity index is 1.98. The zero-order valence-electron chi connectivity index (χ0n) is 15.0. The fraction of sp³-hybridized carbons (Fsp3) is 0.263. The van der Waals surface area contributed by atoms with Crippen LogP contribution >= 0.6 is 23.2 Å². The second kappa shape index (κ2) is 8.59. The van der Waals surface area contributed by atoms with E-state index < -0.39 is 29.2 Å². The summed E-state index contributed by atoms with van der Waals surface area (Å²) < 4.78 is 18.9. The van der Waals surface area contributed by atoms with Crippen LogP contribution in [-0.2, 0) is 15.0 Å². The number of ether oxygens (including phenoxy) is 1. The van der Waals surface area contributed by atoms with Gasteiger partial charge in [0.2, 0.25) is 5.91 Å². The third kappa shape index (κ3) is 5.11. The molecule has 0 saturated heterocycles. The molecule has 2 N–H and O–H groups in total. The van der Waals surface area contributed by atoms with E-state index >= 15 is 0 Å². The maximum absolute atomic E-state index is 13.6. The average Bonchev–Trinajstić information content (AvgIpc) is 2.63. The van der Waals surface area contributed by atoms with Crippen molar-refractivity contribution in [1.29, 1.82) is 0 Å². The molecule has 0 saturated carbocycles. The standard InChI is InChI=1S/C19H19Cl2FN2O3/c1-11(27-16-7-5-4-6-15(16)22)17(25)23-24-18(26)19(2,3)12-8-9-13(20)14(21)10-12/h4-11H,1-3H3,(H,23,25)(H,24,26). The summed E-state index contributed by atoms with van der Waals surface area (Å²) in [6.45, 7) is 4.79. The van der Waals surface area contributed by atoms with Crippen LogP contribution in [-0.4, -0.2) is 17.9 Å². The fourth-order valence-electron chi connectivity index (χ4n) is 2.18. The molecule has 2 aromatic carbocycles. The molecule has 2 amide bonds. The maximum Gasteiger partial charge on any atom is 0.279 e. The summed E-state index contributed by atoms with van der Waals surface area (Å²) >= 11 is 11.9. The van der Waals surface area contributed by atoms with Crippen molar-refractivity contribution in [2.45, 2.75) is 32.3 Å². The first kappa shape index (κ1) is 21.0. The molecule has 2 rings (SSSR count). The summed E-state index contributed by atoms with van der Waals surface area (Å²) in [5.74, 6) is -1.73. The first-order valence-electron chi connectivity index (χ1n) is 8.10. The summed E-state index contributed by atoms with van der Waals surface area (Å²) in [5.41, 5.74) is 4.26. The molecule has 5 nitrogen and oxygen atoms in total. The highest BCUT2D eigenvalue weighted by Gasteiger charge is 2.31. The molecule has 2 aromatic rings. The van der Waals surface area contributed by atoms with Crippen LogP contribution < -0.4 is 15.6 Å². The molecule has 1 unspecified atom stereocenters. The monoisotopic (exact) mass is 412 g/mol. The molecule has 0 bridgehead atoms. The summed E-state index contributed by atoms with van der Waals surface area (Å²) in [6, 6.07) is 10.6.